The number of pyridine rings is 1. The van der Waals surface area contributed by atoms with Crippen molar-refractivity contribution in [2.75, 3.05) is 0 Å². The van der Waals surface area contributed by atoms with Gasteiger partial charge in [0.25, 0.3) is 5.91 Å². The Morgan fingerprint density at radius 2 is 2.00 bits per heavy atom. The van der Waals surface area contributed by atoms with E-state index < -0.39 is 5.54 Å². The molecule has 4 atom stereocenters. The first kappa shape index (κ1) is 22.4. The second kappa shape index (κ2) is 8.78. The molecule has 1 aliphatic carbocycles. The zero-order valence-electron chi connectivity index (χ0n) is 20.0. The molecule has 178 valence electrons. The van der Waals surface area contributed by atoms with Gasteiger partial charge in [0.05, 0.1) is 18.5 Å². The number of aromatic nitrogens is 2. The highest BCUT2D eigenvalue weighted by Gasteiger charge is 2.48. The van der Waals surface area contributed by atoms with Crippen molar-refractivity contribution in [3.63, 3.8) is 0 Å². The van der Waals surface area contributed by atoms with Crippen molar-refractivity contribution in [2.45, 2.75) is 64.7 Å². The minimum atomic E-state index is -1.07. The normalized spacial score (nSPS) is 26.9. The molecule has 7 heteroatoms. The lowest BCUT2D eigenvalue weighted by molar-refractivity contribution is -0.134. The lowest BCUT2D eigenvalue weighted by Crippen LogP contribution is -2.65. The Labute approximate surface area is 200 Å². The van der Waals surface area contributed by atoms with Gasteiger partial charge in [-0.05, 0) is 61.1 Å². The maximum Gasteiger partial charge on any atom is 0.271 e. The predicted molar refractivity (Wildman–Crippen MR) is 129 cm³/mol. The van der Waals surface area contributed by atoms with Gasteiger partial charge in [0.1, 0.15) is 17.0 Å². The number of carbonyl (C=O) groups is 2. The number of amides is 2. The summed E-state index contributed by atoms with van der Waals surface area (Å²) in [7, 11) is 0. The summed E-state index contributed by atoms with van der Waals surface area (Å²) in [4.78, 5) is 33.7. The molecule has 2 aliphatic rings. The maximum absolute atomic E-state index is 14.0. The molecule has 0 saturated heterocycles. The van der Waals surface area contributed by atoms with Crippen LogP contribution in [-0.2, 0) is 17.9 Å². The summed E-state index contributed by atoms with van der Waals surface area (Å²) in [6, 6.07) is 11.3. The van der Waals surface area contributed by atoms with E-state index in [-0.39, 0.29) is 17.9 Å². The largest absolute Gasteiger partial charge is 0.463 e. The number of furan rings is 1. The average Bonchev–Trinajstić information content (AvgIpc) is 3.50. The first-order valence-electron chi connectivity index (χ1n) is 12.1. The molecular formula is C27H32N4O3. The summed E-state index contributed by atoms with van der Waals surface area (Å²) in [6.07, 6.45) is 8.34. The second-order valence-electron chi connectivity index (χ2n) is 10.0. The number of nitrogens with one attached hydrogen (secondary N) is 1. The molecule has 1 N–H and O–H groups in total. The topological polar surface area (TPSA) is 80.4 Å². The number of hydrogen-bond donors (Lipinski definition) is 1. The highest BCUT2D eigenvalue weighted by Crippen LogP contribution is 2.35. The van der Waals surface area contributed by atoms with Gasteiger partial charge >= 0.3 is 0 Å². The van der Waals surface area contributed by atoms with Crippen molar-refractivity contribution >= 4 is 11.8 Å². The molecule has 3 aromatic heterocycles. The van der Waals surface area contributed by atoms with Crippen LogP contribution in [0.5, 0.6) is 0 Å². The van der Waals surface area contributed by atoms with Gasteiger partial charge < -0.3 is 19.2 Å². The maximum atomic E-state index is 14.0. The Morgan fingerprint density at radius 1 is 1.18 bits per heavy atom. The van der Waals surface area contributed by atoms with Gasteiger partial charge in [-0.25, -0.2) is 0 Å². The Morgan fingerprint density at radius 3 is 2.74 bits per heavy atom. The standard InChI is InChI=1S/C27H32N4O3/c1-18-7-4-9-21(19(18)2)29-26(33)27(3)17-30-22(24-10-6-14-34-24)11-12-23(30)25(32)31(27)16-20-8-5-13-28-15-20/h5-6,8,10-15,18-19,21H,4,7,9,16-17H2,1-3H3,(H,29,33)/t18-,19-,21+,27+/m1/s1. The smallest absolute Gasteiger partial charge is 0.271 e. The van der Waals surface area contributed by atoms with Crippen LogP contribution in [0.3, 0.4) is 0 Å². The fourth-order valence-corrected chi connectivity index (χ4v) is 5.44. The van der Waals surface area contributed by atoms with E-state index >= 15 is 0 Å². The molecule has 4 heterocycles. The molecule has 3 aromatic rings. The number of hydrogen-bond acceptors (Lipinski definition) is 4. The van der Waals surface area contributed by atoms with E-state index in [1.807, 2.05) is 47.9 Å². The Hall–Kier alpha value is -3.35. The number of fused-ring (bicyclic) bond motifs is 1. The van der Waals surface area contributed by atoms with Crippen LogP contribution in [0.2, 0.25) is 0 Å². The molecular weight excluding hydrogens is 428 g/mol. The SMILES string of the molecule is C[C@@H]1[C@H](C)CCC[C@@H]1NC(=O)[C@]1(C)Cn2c(ccc2-c2ccco2)C(=O)N1Cc1cccnc1. The molecule has 5 rings (SSSR count). The number of rotatable bonds is 5. The van der Waals surface area contributed by atoms with Crippen LogP contribution < -0.4 is 5.32 Å². The second-order valence-corrected chi connectivity index (χ2v) is 10.0. The molecule has 34 heavy (non-hydrogen) atoms. The van der Waals surface area contributed by atoms with Crippen molar-refractivity contribution in [1.29, 1.82) is 0 Å². The van der Waals surface area contributed by atoms with E-state index in [4.69, 9.17) is 4.42 Å². The van der Waals surface area contributed by atoms with Crippen LogP contribution in [0.25, 0.3) is 11.5 Å². The van der Waals surface area contributed by atoms with Gasteiger partial charge in [0.15, 0.2) is 0 Å². The van der Waals surface area contributed by atoms with Crippen LogP contribution in [0, 0.1) is 11.8 Å². The molecule has 2 amide bonds. The van der Waals surface area contributed by atoms with Crippen molar-refractivity contribution in [3.05, 3.63) is 66.3 Å². The summed E-state index contributed by atoms with van der Waals surface area (Å²) in [5.74, 6) is 1.36. The Balaban J connectivity index is 1.52. The minimum absolute atomic E-state index is 0.110. The highest BCUT2D eigenvalue weighted by atomic mass is 16.3. The van der Waals surface area contributed by atoms with Gasteiger partial charge in [-0.15, -0.1) is 0 Å². The minimum Gasteiger partial charge on any atom is -0.463 e. The fourth-order valence-electron chi connectivity index (χ4n) is 5.44. The van der Waals surface area contributed by atoms with E-state index in [0.717, 1.165) is 24.1 Å². The first-order valence-corrected chi connectivity index (χ1v) is 12.1. The van der Waals surface area contributed by atoms with Gasteiger partial charge in [-0.1, -0.05) is 32.8 Å². The molecule has 7 nitrogen and oxygen atoms in total. The van der Waals surface area contributed by atoms with E-state index in [0.29, 0.717) is 36.4 Å². The average molecular weight is 461 g/mol. The van der Waals surface area contributed by atoms with Gasteiger partial charge in [-0.2, -0.15) is 0 Å². The monoisotopic (exact) mass is 460 g/mol. The zero-order valence-corrected chi connectivity index (χ0v) is 20.0. The third-order valence-corrected chi connectivity index (χ3v) is 7.86. The predicted octanol–water partition coefficient (Wildman–Crippen LogP) is 4.50. The Bertz CT molecular complexity index is 1170. The van der Waals surface area contributed by atoms with Crippen LogP contribution >= 0.6 is 0 Å². The summed E-state index contributed by atoms with van der Waals surface area (Å²) in [6.45, 7) is 7.01. The van der Waals surface area contributed by atoms with Crippen LogP contribution in [0.4, 0.5) is 0 Å². The molecule has 1 saturated carbocycles. The third kappa shape index (κ3) is 3.83. The van der Waals surface area contributed by atoms with Crippen LogP contribution in [-0.4, -0.2) is 37.8 Å². The quantitative estimate of drug-likeness (QED) is 0.608. The fraction of sp³-hybridized carbons (Fsp3) is 0.444. The molecule has 1 fully saturated rings. The number of nitrogens with zero attached hydrogens (tertiary/aromatic N) is 3. The van der Waals surface area contributed by atoms with Crippen molar-refractivity contribution in [3.8, 4) is 11.5 Å². The summed E-state index contributed by atoms with van der Waals surface area (Å²) >= 11 is 0. The summed E-state index contributed by atoms with van der Waals surface area (Å²) in [5.41, 5.74) is 1.18. The van der Waals surface area contributed by atoms with Gasteiger partial charge in [-0.3, -0.25) is 14.6 Å². The van der Waals surface area contributed by atoms with Gasteiger partial charge in [0, 0.05) is 25.0 Å². The summed E-state index contributed by atoms with van der Waals surface area (Å²) < 4.78 is 7.55. The van der Waals surface area contributed by atoms with Crippen molar-refractivity contribution in [2.24, 2.45) is 11.8 Å². The highest BCUT2D eigenvalue weighted by molar-refractivity contribution is 6.00. The van der Waals surface area contributed by atoms with Crippen LogP contribution in [0.1, 0.15) is 56.1 Å². The molecule has 0 spiro atoms. The summed E-state index contributed by atoms with van der Waals surface area (Å²) in [5, 5.41) is 3.34. The third-order valence-electron chi connectivity index (χ3n) is 7.86. The van der Waals surface area contributed by atoms with E-state index in [9.17, 15) is 9.59 Å². The van der Waals surface area contributed by atoms with Crippen LogP contribution in [0.15, 0.2) is 59.5 Å². The van der Waals surface area contributed by atoms with Gasteiger partial charge in [0.2, 0.25) is 5.91 Å². The first-order chi connectivity index (χ1) is 16.4. The van der Waals surface area contributed by atoms with Crippen molar-refractivity contribution in [1.82, 2.24) is 19.8 Å². The molecule has 0 unspecified atom stereocenters. The van der Waals surface area contributed by atoms with E-state index in [2.05, 4.69) is 24.1 Å². The van der Waals surface area contributed by atoms with E-state index in [1.165, 1.54) is 6.42 Å². The molecule has 1 aliphatic heterocycles. The van der Waals surface area contributed by atoms with Crippen molar-refractivity contribution < 1.29 is 14.0 Å². The molecule has 0 bridgehead atoms. The lowest BCUT2D eigenvalue weighted by atomic mass is 9.77. The molecule has 0 radical (unpaired) electrons. The van der Waals surface area contributed by atoms with E-state index in [1.54, 1.807) is 23.6 Å². The Kier molecular flexibility index (Phi) is 5.80. The zero-order chi connectivity index (χ0) is 23.9. The molecule has 0 aromatic carbocycles. The lowest BCUT2D eigenvalue weighted by Gasteiger charge is -2.46. The number of carbonyl (C=O) groups excluding carboxylic acids is 2.